The second-order valence-corrected chi connectivity index (χ2v) is 7.23. The lowest BCUT2D eigenvalue weighted by Gasteiger charge is -2.18. The van der Waals surface area contributed by atoms with Gasteiger partial charge in [-0.25, -0.2) is 0 Å². The molecule has 6 nitrogen and oxygen atoms in total. The summed E-state index contributed by atoms with van der Waals surface area (Å²) in [5.41, 5.74) is 1.67. The lowest BCUT2D eigenvalue weighted by atomic mass is 9.94. The van der Waals surface area contributed by atoms with Crippen LogP contribution >= 0.6 is 0 Å². The molecular formula is C25H24O6. The van der Waals surface area contributed by atoms with E-state index in [-0.39, 0.29) is 37.9 Å². The average Bonchev–Trinajstić information content (AvgIpc) is 2.79. The van der Waals surface area contributed by atoms with Gasteiger partial charge in [0.15, 0.2) is 0 Å². The molecule has 0 saturated carbocycles. The predicted molar refractivity (Wildman–Crippen MR) is 120 cm³/mol. The van der Waals surface area contributed by atoms with Crippen LogP contribution in [0.25, 0.3) is 32.7 Å². The molecule has 0 aliphatic rings. The van der Waals surface area contributed by atoms with Crippen LogP contribution in [0.2, 0.25) is 0 Å². The highest BCUT2D eigenvalue weighted by Gasteiger charge is 2.20. The Labute approximate surface area is 179 Å². The zero-order chi connectivity index (χ0) is 22.0. The number of fused-ring (bicyclic) bond motifs is 2. The van der Waals surface area contributed by atoms with Gasteiger partial charge in [-0.1, -0.05) is 42.5 Å². The normalized spacial score (nSPS) is 11.2. The Morgan fingerprint density at radius 3 is 1.90 bits per heavy atom. The van der Waals surface area contributed by atoms with E-state index in [0.29, 0.717) is 38.8 Å². The number of aliphatic hydroxyl groups excluding tert-OH is 2. The number of hydrogen-bond donors (Lipinski definition) is 4. The number of aliphatic hydroxyl groups is 2. The maximum absolute atomic E-state index is 11.1. The van der Waals surface area contributed by atoms with Crippen molar-refractivity contribution in [2.75, 3.05) is 26.4 Å². The van der Waals surface area contributed by atoms with Crippen molar-refractivity contribution in [1.82, 2.24) is 0 Å². The van der Waals surface area contributed by atoms with E-state index in [9.17, 15) is 20.4 Å². The van der Waals surface area contributed by atoms with Crippen molar-refractivity contribution >= 4 is 21.5 Å². The lowest BCUT2D eigenvalue weighted by Crippen LogP contribution is -2.03. The molecule has 4 aromatic carbocycles. The maximum Gasteiger partial charge on any atom is 0.131 e. The summed E-state index contributed by atoms with van der Waals surface area (Å²) in [5, 5.41) is 43.2. The Morgan fingerprint density at radius 2 is 1.23 bits per heavy atom. The molecule has 0 radical (unpaired) electrons. The van der Waals surface area contributed by atoms with E-state index in [2.05, 4.69) is 0 Å². The minimum atomic E-state index is -0.149. The van der Waals surface area contributed by atoms with Crippen LogP contribution in [-0.2, 0) is 0 Å². The number of benzene rings is 4. The summed E-state index contributed by atoms with van der Waals surface area (Å²) in [7, 11) is 0. The fourth-order valence-corrected chi connectivity index (χ4v) is 3.89. The van der Waals surface area contributed by atoms with E-state index in [1.165, 1.54) is 0 Å². The van der Waals surface area contributed by atoms with Gasteiger partial charge in [0.2, 0.25) is 0 Å². The Hall–Kier alpha value is -3.48. The predicted octanol–water partition coefficient (Wildman–Crippen LogP) is 4.12. The standard InChI is InChI=1S/C25H24O6/c1-15-5-4-8-18-23(15)22(31-12-10-27)14-20(25(18)29)19-13-21(30-11-9-26)16-6-2-3-7-17(16)24(19)28/h2-8,13-14,26-29H,9-12H2,1H3. The zero-order valence-corrected chi connectivity index (χ0v) is 17.1. The lowest BCUT2D eigenvalue weighted by molar-refractivity contribution is 0.202. The summed E-state index contributed by atoms with van der Waals surface area (Å²) in [5.74, 6) is 0.996. The van der Waals surface area contributed by atoms with Crippen LogP contribution in [0, 0.1) is 6.92 Å². The zero-order valence-electron chi connectivity index (χ0n) is 17.1. The highest BCUT2D eigenvalue weighted by Crippen LogP contribution is 2.48. The summed E-state index contributed by atoms with van der Waals surface area (Å²) in [4.78, 5) is 0. The summed E-state index contributed by atoms with van der Waals surface area (Å²) in [6.07, 6.45) is 0. The largest absolute Gasteiger partial charge is 0.507 e. The summed E-state index contributed by atoms with van der Waals surface area (Å²) in [6.45, 7) is 1.82. The van der Waals surface area contributed by atoms with Gasteiger partial charge in [-0.05, 0) is 24.6 Å². The van der Waals surface area contributed by atoms with Crippen LogP contribution < -0.4 is 9.47 Å². The molecule has 0 fully saturated rings. The number of hydrogen-bond acceptors (Lipinski definition) is 6. The monoisotopic (exact) mass is 420 g/mol. The first kappa shape index (κ1) is 20.8. The first-order valence-corrected chi connectivity index (χ1v) is 10.0. The molecule has 160 valence electrons. The molecule has 0 bridgehead atoms. The van der Waals surface area contributed by atoms with Gasteiger partial charge >= 0.3 is 0 Å². The smallest absolute Gasteiger partial charge is 0.131 e. The molecule has 6 heteroatoms. The van der Waals surface area contributed by atoms with Crippen LogP contribution in [0.1, 0.15) is 5.56 Å². The Bertz CT molecular complexity index is 1250. The van der Waals surface area contributed by atoms with Crippen LogP contribution in [-0.4, -0.2) is 46.9 Å². The number of phenolic OH excluding ortho intramolecular Hbond substituents is 2. The Kier molecular flexibility index (Phi) is 5.84. The van der Waals surface area contributed by atoms with Gasteiger partial charge in [0.25, 0.3) is 0 Å². The summed E-state index contributed by atoms with van der Waals surface area (Å²) < 4.78 is 11.5. The van der Waals surface area contributed by atoms with Gasteiger partial charge in [0, 0.05) is 32.7 Å². The van der Waals surface area contributed by atoms with Crippen molar-refractivity contribution in [3.63, 3.8) is 0 Å². The van der Waals surface area contributed by atoms with E-state index in [1.54, 1.807) is 30.3 Å². The Balaban J connectivity index is 2.02. The minimum absolute atomic E-state index is 0.00218. The van der Waals surface area contributed by atoms with Gasteiger partial charge < -0.3 is 29.9 Å². The van der Waals surface area contributed by atoms with Crippen molar-refractivity contribution in [2.45, 2.75) is 6.92 Å². The molecule has 0 saturated heterocycles. The molecule has 0 unspecified atom stereocenters. The molecule has 0 heterocycles. The van der Waals surface area contributed by atoms with E-state index in [1.807, 2.05) is 31.2 Å². The number of aromatic hydroxyl groups is 2. The van der Waals surface area contributed by atoms with Gasteiger partial charge in [0.1, 0.15) is 36.2 Å². The van der Waals surface area contributed by atoms with Crippen LogP contribution in [0.5, 0.6) is 23.0 Å². The molecule has 0 aliphatic carbocycles. The Morgan fingerprint density at radius 1 is 0.677 bits per heavy atom. The average molecular weight is 420 g/mol. The van der Waals surface area contributed by atoms with Crippen molar-refractivity contribution in [2.24, 2.45) is 0 Å². The minimum Gasteiger partial charge on any atom is -0.507 e. The molecule has 4 aromatic rings. The second-order valence-electron chi connectivity index (χ2n) is 7.23. The summed E-state index contributed by atoms with van der Waals surface area (Å²) in [6, 6.07) is 16.1. The fraction of sp³-hybridized carbons (Fsp3) is 0.200. The van der Waals surface area contributed by atoms with E-state index in [0.717, 1.165) is 10.9 Å². The SMILES string of the molecule is Cc1cccc2c(O)c(-c3cc(OCCO)c4ccccc4c3O)cc(OCCO)c12. The van der Waals surface area contributed by atoms with Crippen molar-refractivity contribution in [1.29, 1.82) is 0 Å². The molecule has 4 rings (SSSR count). The van der Waals surface area contributed by atoms with Gasteiger partial charge in [0.05, 0.1) is 13.2 Å². The number of aryl methyl sites for hydroxylation is 1. The molecule has 0 aromatic heterocycles. The van der Waals surface area contributed by atoms with Crippen molar-refractivity contribution in [3.05, 3.63) is 60.2 Å². The first-order valence-electron chi connectivity index (χ1n) is 10.0. The third kappa shape index (κ3) is 3.71. The molecule has 0 aliphatic heterocycles. The van der Waals surface area contributed by atoms with E-state index in [4.69, 9.17) is 9.47 Å². The molecule has 0 spiro atoms. The van der Waals surface area contributed by atoms with Crippen molar-refractivity contribution < 1.29 is 29.9 Å². The third-order valence-electron chi connectivity index (χ3n) is 5.27. The van der Waals surface area contributed by atoms with Crippen molar-refractivity contribution in [3.8, 4) is 34.1 Å². The number of rotatable bonds is 7. The maximum atomic E-state index is 11.1. The van der Waals surface area contributed by atoms with Gasteiger partial charge in [-0.2, -0.15) is 0 Å². The van der Waals surface area contributed by atoms with E-state index >= 15 is 0 Å². The van der Waals surface area contributed by atoms with Crippen LogP contribution in [0.15, 0.2) is 54.6 Å². The molecule has 0 atom stereocenters. The second kappa shape index (κ2) is 8.71. The van der Waals surface area contributed by atoms with E-state index < -0.39 is 0 Å². The first-order chi connectivity index (χ1) is 15.1. The topological polar surface area (TPSA) is 99.4 Å². The summed E-state index contributed by atoms with van der Waals surface area (Å²) >= 11 is 0. The number of ether oxygens (including phenoxy) is 2. The molecule has 31 heavy (non-hydrogen) atoms. The molecular weight excluding hydrogens is 396 g/mol. The van der Waals surface area contributed by atoms with Gasteiger partial charge in [-0.3, -0.25) is 0 Å². The molecule has 0 amide bonds. The highest BCUT2D eigenvalue weighted by atomic mass is 16.5. The van der Waals surface area contributed by atoms with Gasteiger partial charge in [-0.15, -0.1) is 0 Å². The molecule has 4 N–H and O–H groups in total. The van der Waals surface area contributed by atoms with Crippen LogP contribution in [0.3, 0.4) is 0 Å². The quantitative estimate of drug-likeness (QED) is 0.359. The van der Waals surface area contributed by atoms with Crippen LogP contribution in [0.4, 0.5) is 0 Å². The highest BCUT2D eigenvalue weighted by molar-refractivity contribution is 6.05. The fourth-order valence-electron chi connectivity index (χ4n) is 3.89. The number of phenols is 2. The third-order valence-corrected chi connectivity index (χ3v) is 5.27.